The number of carbonyl (C=O) groups is 4. The van der Waals surface area contributed by atoms with Crippen molar-refractivity contribution >= 4 is 47.0 Å². The van der Waals surface area contributed by atoms with Crippen molar-refractivity contribution in [2.75, 3.05) is 26.3 Å². The van der Waals surface area contributed by atoms with Crippen molar-refractivity contribution in [3.63, 3.8) is 0 Å². The van der Waals surface area contributed by atoms with Crippen LogP contribution in [-0.4, -0.2) is 59.9 Å². The van der Waals surface area contributed by atoms with Gasteiger partial charge in [0.1, 0.15) is 17.3 Å². The summed E-state index contributed by atoms with van der Waals surface area (Å²) >= 11 is 13.1. The molecule has 0 aliphatic carbocycles. The average molecular weight is 928 g/mol. The molecule has 2 aliphatic heterocycles. The first-order valence-electron chi connectivity index (χ1n) is 22.2. The molecule has 2 unspecified atom stereocenters. The summed E-state index contributed by atoms with van der Waals surface area (Å²) in [5.74, 6) is -1.71. The highest BCUT2D eigenvalue weighted by Gasteiger charge is 2.35. The van der Waals surface area contributed by atoms with Gasteiger partial charge in [-0.25, -0.2) is 14.0 Å². The van der Waals surface area contributed by atoms with Crippen LogP contribution in [0.15, 0.2) is 140 Å². The lowest BCUT2D eigenvalue weighted by atomic mass is 9.87. The van der Waals surface area contributed by atoms with Crippen molar-refractivity contribution in [1.82, 2.24) is 9.80 Å². The van der Waals surface area contributed by atoms with Gasteiger partial charge in [-0.3, -0.25) is 9.59 Å². The summed E-state index contributed by atoms with van der Waals surface area (Å²) in [5, 5.41) is 0.834. The quantitative estimate of drug-likeness (QED) is 0.0704. The van der Waals surface area contributed by atoms with Crippen LogP contribution in [0, 0.1) is 5.82 Å². The highest BCUT2D eigenvalue weighted by atomic mass is 35.5. The standard InChI is InChI=1S/C54H49Cl2FN2O7/c55-40-23-25-47(45(32-40)53-43-19-6-4-16-38(43)27-29-58(53)49(60)21-9-13-36-11-2-1-3-12-36)64-34-51(62)66-52(63)35-65-48-26-24-41(56)33-46(48)54-44-20-7-5-17-39(44)28-30-59(54)50(61)22-10-15-37-14-8-18-42(57)31-37/h1-8,11-12,14,16-20,23-26,31-33,53-54H,9-10,13,15,21-22,27-30,34-35H2. The Bertz CT molecular complexity index is 2710. The fraction of sp³-hybridized carbons (Fsp3) is 0.259. The molecule has 0 saturated heterocycles. The predicted molar refractivity (Wildman–Crippen MR) is 251 cm³/mol. The molecule has 8 rings (SSSR count). The van der Waals surface area contributed by atoms with Gasteiger partial charge in [0.15, 0.2) is 13.2 Å². The number of hydrogen-bond acceptors (Lipinski definition) is 7. The van der Waals surface area contributed by atoms with Crippen LogP contribution < -0.4 is 9.47 Å². The molecule has 2 amide bonds. The first-order valence-corrected chi connectivity index (χ1v) is 23.0. The number of fused-ring (bicyclic) bond motifs is 2. The first-order chi connectivity index (χ1) is 32.1. The molecule has 9 nitrogen and oxygen atoms in total. The molecule has 2 atom stereocenters. The summed E-state index contributed by atoms with van der Waals surface area (Å²) < 4.78 is 31.1. The fourth-order valence-corrected chi connectivity index (χ4v) is 9.40. The van der Waals surface area contributed by atoms with Gasteiger partial charge in [-0.15, -0.1) is 0 Å². The van der Waals surface area contributed by atoms with E-state index in [9.17, 15) is 23.6 Å². The maximum Gasteiger partial charge on any atom is 0.351 e. The minimum absolute atomic E-state index is 0.00476. The molecule has 0 radical (unpaired) electrons. The minimum atomic E-state index is -0.955. The molecule has 2 heterocycles. The smallest absolute Gasteiger partial charge is 0.351 e. The molecule has 338 valence electrons. The van der Waals surface area contributed by atoms with Gasteiger partial charge < -0.3 is 24.0 Å². The lowest BCUT2D eigenvalue weighted by Crippen LogP contribution is -2.40. The van der Waals surface area contributed by atoms with Gasteiger partial charge in [0.2, 0.25) is 11.8 Å². The zero-order valence-corrected chi connectivity index (χ0v) is 37.8. The number of amides is 2. The van der Waals surface area contributed by atoms with Crippen LogP contribution in [-0.2, 0) is 49.6 Å². The largest absolute Gasteiger partial charge is 0.482 e. The molecular formula is C54H49Cl2FN2O7. The molecular weight excluding hydrogens is 879 g/mol. The van der Waals surface area contributed by atoms with E-state index >= 15 is 0 Å². The number of nitrogens with zero attached hydrogens (tertiary/aromatic N) is 2. The molecule has 0 saturated carbocycles. The van der Waals surface area contributed by atoms with Gasteiger partial charge in [0.25, 0.3) is 0 Å². The second-order valence-corrected chi connectivity index (χ2v) is 17.4. The van der Waals surface area contributed by atoms with Crippen LogP contribution in [0.4, 0.5) is 4.39 Å². The summed E-state index contributed by atoms with van der Waals surface area (Å²) in [5.41, 5.74) is 7.16. The number of rotatable bonds is 16. The highest BCUT2D eigenvalue weighted by Crippen LogP contribution is 2.42. The van der Waals surface area contributed by atoms with Crippen LogP contribution in [0.3, 0.4) is 0 Å². The van der Waals surface area contributed by atoms with Crippen molar-refractivity contribution in [2.45, 2.75) is 63.5 Å². The van der Waals surface area contributed by atoms with E-state index < -0.39 is 37.2 Å². The SMILES string of the molecule is O=C(COc1ccc(Cl)cc1C1c2ccccc2CCN1C(=O)CCCc1ccccc1)OC(=O)COc1ccc(Cl)cc1C1c2ccccc2CCN1C(=O)CCCc1cccc(F)c1. The van der Waals surface area contributed by atoms with E-state index in [0.717, 1.165) is 34.2 Å². The number of carbonyl (C=O) groups excluding carboxylic acids is 4. The molecule has 0 bridgehead atoms. The zero-order chi connectivity index (χ0) is 46.0. The summed E-state index contributed by atoms with van der Waals surface area (Å²) in [4.78, 5) is 58.0. The van der Waals surface area contributed by atoms with E-state index in [1.165, 1.54) is 17.7 Å². The summed E-state index contributed by atoms with van der Waals surface area (Å²) in [6.45, 7) is -0.304. The topological polar surface area (TPSA) is 102 Å². The van der Waals surface area contributed by atoms with Crippen LogP contribution in [0.2, 0.25) is 10.0 Å². The Morgan fingerprint density at radius 1 is 0.530 bits per heavy atom. The van der Waals surface area contributed by atoms with E-state index in [1.54, 1.807) is 47.4 Å². The van der Waals surface area contributed by atoms with Crippen LogP contribution in [0.1, 0.15) is 82.3 Å². The third-order valence-electron chi connectivity index (χ3n) is 12.1. The molecule has 0 aromatic heterocycles. The van der Waals surface area contributed by atoms with E-state index in [-0.39, 0.29) is 29.8 Å². The van der Waals surface area contributed by atoms with E-state index in [2.05, 4.69) is 12.1 Å². The lowest BCUT2D eigenvalue weighted by molar-refractivity contribution is -0.162. The zero-order valence-electron chi connectivity index (χ0n) is 36.3. The average Bonchev–Trinajstić information content (AvgIpc) is 3.32. The van der Waals surface area contributed by atoms with Crippen molar-refractivity contribution < 1.29 is 37.8 Å². The molecule has 2 aliphatic rings. The summed E-state index contributed by atoms with van der Waals surface area (Å²) in [7, 11) is 0. The Morgan fingerprint density at radius 3 is 1.52 bits per heavy atom. The monoisotopic (exact) mass is 926 g/mol. The Morgan fingerprint density at radius 2 is 1.00 bits per heavy atom. The van der Waals surface area contributed by atoms with Gasteiger partial charge in [-0.1, -0.05) is 114 Å². The van der Waals surface area contributed by atoms with E-state index in [4.69, 9.17) is 37.4 Å². The molecule has 66 heavy (non-hydrogen) atoms. The van der Waals surface area contributed by atoms with Gasteiger partial charge in [-0.2, -0.15) is 0 Å². The maximum absolute atomic E-state index is 13.9. The third kappa shape index (κ3) is 11.3. The predicted octanol–water partition coefficient (Wildman–Crippen LogP) is 10.7. The molecule has 12 heteroatoms. The molecule has 6 aromatic carbocycles. The third-order valence-corrected chi connectivity index (χ3v) is 12.6. The maximum atomic E-state index is 13.9. The second-order valence-electron chi connectivity index (χ2n) is 16.5. The van der Waals surface area contributed by atoms with E-state index in [0.29, 0.717) is 78.5 Å². The summed E-state index contributed by atoms with van der Waals surface area (Å²) in [6.07, 6.45) is 4.44. The Kier molecular flexibility index (Phi) is 15.1. The number of hydrogen-bond donors (Lipinski definition) is 0. The van der Waals surface area contributed by atoms with Gasteiger partial charge in [0.05, 0.1) is 12.1 Å². The summed E-state index contributed by atoms with van der Waals surface area (Å²) in [6, 6.07) is 41.1. The number of esters is 2. The van der Waals surface area contributed by atoms with Gasteiger partial charge >= 0.3 is 11.9 Å². The first kappa shape index (κ1) is 46.1. The Hall–Kier alpha value is -6.49. The van der Waals surface area contributed by atoms with Crippen LogP contribution >= 0.6 is 23.2 Å². The number of halogens is 3. The van der Waals surface area contributed by atoms with Gasteiger partial charge in [-0.05, 0) is 120 Å². The highest BCUT2D eigenvalue weighted by molar-refractivity contribution is 6.31. The van der Waals surface area contributed by atoms with Crippen molar-refractivity contribution in [3.05, 3.63) is 200 Å². The molecule has 0 spiro atoms. The van der Waals surface area contributed by atoms with Crippen LogP contribution in [0.5, 0.6) is 11.5 Å². The fourth-order valence-electron chi connectivity index (χ4n) is 9.04. The number of aryl methyl sites for hydroxylation is 2. The normalized spacial score (nSPS) is 15.3. The Labute approximate surface area is 394 Å². The second kappa shape index (κ2) is 21.7. The van der Waals surface area contributed by atoms with Crippen molar-refractivity contribution in [3.8, 4) is 11.5 Å². The van der Waals surface area contributed by atoms with Crippen molar-refractivity contribution in [1.29, 1.82) is 0 Å². The van der Waals surface area contributed by atoms with Gasteiger partial charge in [0, 0.05) is 47.1 Å². The molecule has 0 N–H and O–H groups in total. The molecule has 0 fully saturated rings. The number of ether oxygens (including phenoxy) is 3. The minimum Gasteiger partial charge on any atom is -0.482 e. The van der Waals surface area contributed by atoms with Crippen LogP contribution in [0.25, 0.3) is 0 Å². The lowest BCUT2D eigenvalue weighted by Gasteiger charge is -2.38. The van der Waals surface area contributed by atoms with E-state index in [1.807, 2.05) is 77.7 Å². The molecule has 6 aromatic rings. The van der Waals surface area contributed by atoms with Crippen molar-refractivity contribution in [2.24, 2.45) is 0 Å². The Balaban J connectivity index is 0.933. The number of benzene rings is 6.